The van der Waals surface area contributed by atoms with E-state index in [2.05, 4.69) is 4.98 Å². The summed E-state index contributed by atoms with van der Waals surface area (Å²) in [5.74, 6) is 0.728. The first kappa shape index (κ1) is 12.1. The number of primary sulfonamides is 1. The Balaban J connectivity index is 2.53. The smallest absolute Gasteiger partial charge is 0.241 e. The van der Waals surface area contributed by atoms with E-state index in [0.717, 1.165) is 12.8 Å². The van der Waals surface area contributed by atoms with Crippen molar-refractivity contribution in [3.63, 3.8) is 0 Å². The number of hydrogen-bond donors (Lipinski definition) is 1. The molecule has 1 aromatic heterocycles. The lowest BCUT2D eigenvalue weighted by atomic mass is 10.4. The highest BCUT2D eigenvalue weighted by Gasteiger charge is 2.29. The zero-order valence-electron chi connectivity index (χ0n) is 9.75. The second-order valence-electron chi connectivity index (χ2n) is 4.22. The molecule has 6 nitrogen and oxygen atoms in total. The van der Waals surface area contributed by atoms with Gasteiger partial charge in [0.05, 0.1) is 6.10 Å². The molecule has 7 heteroatoms. The summed E-state index contributed by atoms with van der Waals surface area (Å²) in [6, 6.07) is 1.36. The fourth-order valence-electron chi connectivity index (χ4n) is 1.43. The van der Waals surface area contributed by atoms with Crippen molar-refractivity contribution in [1.29, 1.82) is 0 Å². The molecular formula is C10H15N3O3S. The van der Waals surface area contributed by atoms with Gasteiger partial charge in [0, 0.05) is 20.3 Å². The van der Waals surface area contributed by atoms with Crippen LogP contribution in [-0.2, 0) is 10.0 Å². The first-order valence-electron chi connectivity index (χ1n) is 5.25. The van der Waals surface area contributed by atoms with Gasteiger partial charge in [-0.15, -0.1) is 0 Å². The standard InChI is InChI=1S/C10H15N3O3S/c1-13(2)10-9(16-7-3-4-7)8(5-6-12-10)17(11,14)15/h5-7H,3-4H2,1-2H3,(H2,11,14,15). The van der Waals surface area contributed by atoms with Crippen LogP contribution in [0.1, 0.15) is 12.8 Å². The van der Waals surface area contributed by atoms with Crippen molar-refractivity contribution in [2.24, 2.45) is 5.14 Å². The Morgan fingerprint density at radius 3 is 2.59 bits per heavy atom. The molecule has 17 heavy (non-hydrogen) atoms. The lowest BCUT2D eigenvalue weighted by molar-refractivity contribution is 0.294. The largest absolute Gasteiger partial charge is 0.485 e. The predicted octanol–water partition coefficient (Wildman–Crippen LogP) is 0.336. The molecule has 1 fully saturated rings. The quantitative estimate of drug-likeness (QED) is 0.840. The van der Waals surface area contributed by atoms with E-state index in [1.165, 1.54) is 12.3 Å². The van der Waals surface area contributed by atoms with Gasteiger partial charge in [-0.1, -0.05) is 0 Å². The Bertz CT molecular complexity index is 524. The van der Waals surface area contributed by atoms with E-state index in [0.29, 0.717) is 5.82 Å². The Morgan fingerprint density at radius 2 is 2.12 bits per heavy atom. The number of sulfonamides is 1. The number of nitrogens with two attached hydrogens (primary N) is 1. The van der Waals surface area contributed by atoms with Crippen molar-refractivity contribution in [2.75, 3.05) is 19.0 Å². The number of ether oxygens (including phenoxy) is 1. The van der Waals surface area contributed by atoms with E-state index in [1.807, 2.05) is 0 Å². The highest BCUT2D eigenvalue weighted by Crippen LogP contribution is 2.36. The van der Waals surface area contributed by atoms with Crippen LogP contribution in [0.4, 0.5) is 5.82 Å². The maximum atomic E-state index is 11.5. The number of anilines is 1. The summed E-state index contributed by atoms with van der Waals surface area (Å²) >= 11 is 0. The number of aromatic nitrogens is 1. The second kappa shape index (κ2) is 4.15. The van der Waals surface area contributed by atoms with Gasteiger partial charge in [-0.2, -0.15) is 0 Å². The van der Waals surface area contributed by atoms with Crippen molar-refractivity contribution in [2.45, 2.75) is 23.8 Å². The van der Waals surface area contributed by atoms with Crippen LogP contribution in [0.3, 0.4) is 0 Å². The molecule has 2 rings (SSSR count). The van der Waals surface area contributed by atoms with E-state index in [9.17, 15) is 8.42 Å². The van der Waals surface area contributed by atoms with Crippen molar-refractivity contribution in [3.05, 3.63) is 12.3 Å². The Kier molecular flexibility index (Phi) is 2.96. The molecule has 0 saturated heterocycles. The van der Waals surface area contributed by atoms with Crippen LogP contribution in [0, 0.1) is 0 Å². The van der Waals surface area contributed by atoms with Crippen molar-refractivity contribution >= 4 is 15.8 Å². The van der Waals surface area contributed by atoms with Crippen LogP contribution in [0.15, 0.2) is 17.2 Å². The van der Waals surface area contributed by atoms with Gasteiger partial charge in [-0.25, -0.2) is 18.5 Å². The average Bonchev–Trinajstić information content (AvgIpc) is 3.00. The van der Waals surface area contributed by atoms with Crippen LogP contribution < -0.4 is 14.8 Å². The number of pyridine rings is 1. The van der Waals surface area contributed by atoms with Crippen LogP contribution in [-0.4, -0.2) is 33.6 Å². The van der Waals surface area contributed by atoms with E-state index < -0.39 is 10.0 Å². The molecule has 1 aliphatic rings. The highest BCUT2D eigenvalue weighted by molar-refractivity contribution is 7.89. The van der Waals surface area contributed by atoms with E-state index in [1.54, 1.807) is 19.0 Å². The van der Waals surface area contributed by atoms with Gasteiger partial charge in [0.2, 0.25) is 10.0 Å². The predicted molar refractivity (Wildman–Crippen MR) is 63.6 cm³/mol. The summed E-state index contributed by atoms with van der Waals surface area (Å²) in [6.07, 6.45) is 3.37. The maximum absolute atomic E-state index is 11.5. The van der Waals surface area contributed by atoms with E-state index in [4.69, 9.17) is 9.88 Å². The molecule has 0 unspecified atom stereocenters. The Labute approximate surface area is 100 Å². The first-order chi connectivity index (χ1) is 7.89. The Morgan fingerprint density at radius 1 is 1.47 bits per heavy atom. The molecule has 0 spiro atoms. The lowest BCUT2D eigenvalue weighted by Gasteiger charge is -2.18. The van der Waals surface area contributed by atoms with Gasteiger partial charge in [-0.3, -0.25) is 0 Å². The van der Waals surface area contributed by atoms with Crippen LogP contribution in [0.25, 0.3) is 0 Å². The molecule has 0 aromatic carbocycles. The molecular weight excluding hydrogens is 242 g/mol. The summed E-state index contributed by atoms with van der Waals surface area (Å²) in [4.78, 5) is 5.80. The molecule has 1 heterocycles. The number of rotatable bonds is 4. The molecule has 1 aromatic rings. The molecule has 1 saturated carbocycles. The fourth-order valence-corrected chi connectivity index (χ4v) is 2.07. The third kappa shape index (κ3) is 2.67. The molecule has 2 N–H and O–H groups in total. The minimum atomic E-state index is -3.80. The maximum Gasteiger partial charge on any atom is 0.241 e. The Hall–Kier alpha value is -1.34. The molecule has 0 aliphatic heterocycles. The van der Waals surface area contributed by atoms with Gasteiger partial charge >= 0.3 is 0 Å². The molecule has 0 bridgehead atoms. The molecule has 1 aliphatic carbocycles. The van der Waals surface area contributed by atoms with Gasteiger partial charge in [0.25, 0.3) is 0 Å². The summed E-state index contributed by atoms with van der Waals surface area (Å²) in [7, 11) is -0.253. The molecule has 0 amide bonds. The monoisotopic (exact) mass is 257 g/mol. The summed E-state index contributed by atoms with van der Waals surface area (Å²) in [5, 5.41) is 5.17. The van der Waals surface area contributed by atoms with Crippen molar-refractivity contribution in [1.82, 2.24) is 4.98 Å². The second-order valence-corrected chi connectivity index (χ2v) is 5.75. The molecule has 94 valence electrons. The van der Waals surface area contributed by atoms with Gasteiger partial charge in [0.15, 0.2) is 11.6 Å². The molecule has 0 atom stereocenters. The van der Waals surface area contributed by atoms with Crippen molar-refractivity contribution in [3.8, 4) is 5.75 Å². The number of hydrogen-bond acceptors (Lipinski definition) is 5. The van der Waals surface area contributed by atoms with Gasteiger partial charge < -0.3 is 9.64 Å². The molecule has 0 radical (unpaired) electrons. The van der Waals surface area contributed by atoms with E-state index >= 15 is 0 Å². The average molecular weight is 257 g/mol. The fraction of sp³-hybridized carbons (Fsp3) is 0.500. The summed E-state index contributed by atoms with van der Waals surface area (Å²) in [5.41, 5.74) is 0. The van der Waals surface area contributed by atoms with E-state index in [-0.39, 0.29) is 16.7 Å². The van der Waals surface area contributed by atoms with Gasteiger partial charge in [0.1, 0.15) is 4.90 Å². The zero-order chi connectivity index (χ0) is 12.6. The van der Waals surface area contributed by atoms with Crippen LogP contribution in [0.2, 0.25) is 0 Å². The lowest BCUT2D eigenvalue weighted by Crippen LogP contribution is -2.19. The van der Waals surface area contributed by atoms with Crippen LogP contribution in [0.5, 0.6) is 5.75 Å². The third-order valence-electron chi connectivity index (χ3n) is 2.39. The minimum Gasteiger partial charge on any atom is -0.485 e. The van der Waals surface area contributed by atoms with Gasteiger partial charge in [-0.05, 0) is 18.9 Å². The first-order valence-corrected chi connectivity index (χ1v) is 6.80. The summed E-state index contributed by atoms with van der Waals surface area (Å²) < 4.78 is 28.6. The minimum absolute atomic E-state index is 0.0110. The topological polar surface area (TPSA) is 85.5 Å². The number of nitrogens with zero attached hydrogens (tertiary/aromatic N) is 2. The SMILES string of the molecule is CN(C)c1nccc(S(N)(=O)=O)c1OC1CC1. The normalized spacial score (nSPS) is 15.7. The van der Waals surface area contributed by atoms with Crippen LogP contribution >= 0.6 is 0 Å². The highest BCUT2D eigenvalue weighted by atomic mass is 32.2. The summed E-state index contributed by atoms with van der Waals surface area (Å²) in [6.45, 7) is 0. The van der Waals surface area contributed by atoms with Crippen molar-refractivity contribution < 1.29 is 13.2 Å². The zero-order valence-corrected chi connectivity index (χ0v) is 10.6. The third-order valence-corrected chi connectivity index (χ3v) is 3.32.